The monoisotopic (exact) mass is 485 g/mol. The van der Waals surface area contributed by atoms with Gasteiger partial charge in [0.15, 0.2) is 0 Å². The average molecular weight is 486 g/mol. The van der Waals surface area contributed by atoms with Gasteiger partial charge in [-0.3, -0.25) is 9.78 Å². The van der Waals surface area contributed by atoms with E-state index in [1.54, 1.807) is 24.5 Å². The zero-order valence-corrected chi connectivity index (χ0v) is 20.8. The van der Waals surface area contributed by atoms with E-state index in [-0.39, 0.29) is 17.7 Å². The van der Waals surface area contributed by atoms with Crippen molar-refractivity contribution in [2.45, 2.75) is 45.3 Å². The first-order valence-corrected chi connectivity index (χ1v) is 12.3. The Morgan fingerprint density at radius 1 is 1.11 bits per heavy atom. The molecule has 2 amide bonds. The molecule has 36 heavy (non-hydrogen) atoms. The molecule has 2 bridgehead atoms. The van der Waals surface area contributed by atoms with Gasteiger partial charge in [0.25, 0.3) is 0 Å². The van der Waals surface area contributed by atoms with Gasteiger partial charge in [-0.2, -0.15) is 0 Å². The molecule has 5 rings (SSSR count). The zero-order chi connectivity index (χ0) is 25.3. The second kappa shape index (κ2) is 9.60. The molecule has 8 heteroatoms. The number of aromatic nitrogens is 2. The second-order valence-electron chi connectivity index (χ2n) is 10.4. The second-order valence-corrected chi connectivity index (χ2v) is 10.4. The summed E-state index contributed by atoms with van der Waals surface area (Å²) in [7, 11) is 0. The third-order valence-corrected chi connectivity index (χ3v) is 6.52. The van der Waals surface area contributed by atoms with Crippen LogP contribution in [-0.2, 0) is 16.1 Å². The molecule has 4 heterocycles. The minimum absolute atomic E-state index is 0.0334. The number of nitrogens with zero attached hydrogens (tertiary/aromatic N) is 3. The van der Waals surface area contributed by atoms with Crippen LogP contribution in [0.15, 0.2) is 60.9 Å². The molecule has 1 saturated heterocycles. The number of ether oxygens (including phenoxy) is 1. The quantitative estimate of drug-likeness (QED) is 0.542. The van der Waals surface area contributed by atoms with E-state index in [4.69, 9.17) is 9.72 Å². The van der Waals surface area contributed by atoms with Gasteiger partial charge in [-0.1, -0.05) is 18.2 Å². The molecular weight excluding hydrogens is 454 g/mol. The molecule has 2 N–H and O–H groups in total. The van der Waals surface area contributed by atoms with Gasteiger partial charge in [-0.05, 0) is 69.0 Å². The van der Waals surface area contributed by atoms with Gasteiger partial charge in [0, 0.05) is 43.3 Å². The number of nitrogens with one attached hydrogen (secondary N) is 2. The van der Waals surface area contributed by atoms with Gasteiger partial charge >= 0.3 is 6.09 Å². The number of anilines is 2. The predicted octanol–water partition coefficient (Wildman–Crippen LogP) is 4.73. The van der Waals surface area contributed by atoms with Crippen LogP contribution >= 0.6 is 0 Å². The summed E-state index contributed by atoms with van der Waals surface area (Å²) < 4.78 is 5.33. The van der Waals surface area contributed by atoms with Crippen molar-refractivity contribution < 1.29 is 14.3 Å². The summed E-state index contributed by atoms with van der Waals surface area (Å²) in [6.07, 6.45) is 3.85. The molecule has 1 unspecified atom stereocenters. The standard InChI is InChI=1S/C28H31N5O3/c1-28(2,3)36-27(35)30-16-18-5-4-6-19(15-18)22-7-8-23-25(32-22)24(20-11-14-33(23)17-20)26(34)31-21-9-12-29-13-10-21/h4-10,12-13,15,20,24H,11,14,16-17H2,1-3H3,(H,30,35)(H,29,31,34)/t20-,24?/m0/s1. The van der Waals surface area contributed by atoms with E-state index in [0.717, 1.165) is 53.4 Å². The summed E-state index contributed by atoms with van der Waals surface area (Å²) in [5.41, 5.74) is 4.72. The highest BCUT2D eigenvalue weighted by Crippen LogP contribution is 2.44. The van der Waals surface area contributed by atoms with E-state index in [2.05, 4.69) is 26.6 Å². The Hall–Kier alpha value is -3.94. The maximum absolute atomic E-state index is 13.4. The van der Waals surface area contributed by atoms with E-state index < -0.39 is 11.7 Å². The lowest BCUT2D eigenvalue weighted by Gasteiger charge is -2.32. The largest absolute Gasteiger partial charge is 0.444 e. The van der Waals surface area contributed by atoms with Crippen LogP contribution < -0.4 is 15.5 Å². The fourth-order valence-electron chi connectivity index (χ4n) is 4.95. The summed E-state index contributed by atoms with van der Waals surface area (Å²) in [5, 5.41) is 5.86. The molecule has 186 valence electrons. The van der Waals surface area contributed by atoms with Crippen molar-refractivity contribution in [3.63, 3.8) is 0 Å². The highest BCUT2D eigenvalue weighted by atomic mass is 16.6. The first kappa shape index (κ1) is 23.8. The fourth-order valence-corrected chi connectivity index (χ4v) is 4.95. The molecule has 0 radical (unpaired) electrons. The van der Waals surface area contributed by atoms with Crippen molar-refractivity contribution in [2.75, 3.05) is 23.3 Å². The SMILES string of the molecule is CC(C)(C)OC(=O)NCc1cccc(-c2ccc3c(n2)C(C(=O)Nc2ccncc2)[C@H]2CCN3C2)c1. The van der Waals surface area contributed by atoms with Gasteiger partial charge in [0.05, 0.1) is 23.0 Å². The number of fused-ring (bicyclic) bond motifs is 4. The maximum Gasteiger partial charge on any atom is 0.407 e. The van der Waals surface area contributed by atoms with Crippen LogP contribution in [0.4, 0.5) is 16.2 Å². The fraction of sp³-hybridized carbons (Fsp3) is 0.357. The Kier molecular flexibility index (Phi) is 6.35. The van der Waals surface area contributed by atoms with Gasteiger partial charge < -0.3 is 20.3 Å². The molecule has 1 aromatic carbocycles. The molecule has 2 aliphatic heterocycles. The predicted molar refractivity (Wildman–Crippen MR) is 139 cm³/mol. The van der Waals surface area contributed by atoms with Gasteiger partial charge in [0.2, 0.25) is 5.91 Å². The van der Waals surface area contributed by atoms with E-state index in [1.165, 1.54) is 0 Å². The van der Waals surface area contributed by atoms with Crippen molar-refractivity contribution >= 4 is 23.4 Å². The summed E-state index contributed by atoms with van der Waals surface area (Å²) in [5.74, 6) is -0.121. The van der Waals surface area contributed by atoms with Gasteiger partial charge in [0.1, 0.15) is 5.60 Å². The molecular formula is C28H31N5O3. The number of hydrogen-bond donors (Lipinski definition) is 2. The summed E-state index contributed by atoms with van der Waals surface area (Å²) >= 11 is 0. The molecule has 0 aliphatic carbocycles. The molecule has 2 aliphatic rings. The molecule has 8 nitrogen and oxygen atoms in total. The number of alkyl carbamates (subject to hydrolysis) is 1. The normalized spacial score (nSPS) is 18.4. The number of carbonyl (C=O) groups is 2. The molecule has 2 aromatic heterocycles. The molecule has 3 aromatic rings. The van der Waals surface area contributed by atoms with Crippen LogP contribution in [0, 0.1) is 5.92 Å². The molecule has 2 atom stereocenters. The first-order valence-electron chi connectivity index (χ1n) is 12.3. The van der Waals surface area contributed by atoms with Crippen molar-refractivity contribution in [1.29, 1.82) is 0 Å². The first-order chi connectivity index (χ1) is 17.3. The lowest BCUT2D eigenvalue weighted by Crippen LogP contribution is -2.36. The van der Waals surface area contributed by atoms with Crippen LogP contribution in [0.3, 0.4) is 0 Å². The smallest absolute Gasteiger partial charge is 0.407 e. The zero-order valence-electron chi connectivity index (χ0n) is 20.8. The van der Waals surface area contributed by atoms with E-state index in [0.29, 0.717) is 6.54 Å². The number of hydrogen-bond acceptors (Lipinski definition) is 6. The summed E-state index contributed by atoms with van der Waals surface area (Å²) in [6.45, 7) is 7.66. The molecule has 0 spiro atoms. The lowest BCUT2D eigenvalue weighted by molar-refractivity contribution is -0.118. The topological polar surface area (TPSA) is 96.4 Å². The summed E-state index contributed by atoms with van der Waals surface area (Å²) in [6, 6.07) is 15.6. The number of carbonyl (C=O) groups excluding carboxylic acids is 2. The van der Waals surface area contributed by atoms with Crippen molar-refractivity contribution in [2.24, 2.45) is 5.92 Å². The lowest BCUT2D eigenvalue weighted by atomic mass is 9.84. The van der Waals surface area contributed by atoms with E-state index >= 15 is 0 Å². The van der Waals surface area contributed by atoms with Crippen LogP contribution in [0.25, 0.3) is 11.3 Å². The Morgan fingerprint density at radius 2 is 1.92 bits per heavy atom. The average Bonchev–Trinajstić information content (AvgIpc) is 3.26. The third-order valence-electron chi connectivity index (χ3n) is 6.52. The van der Waals surface area contributed by atoms with Gasteiger partial charge in [-0.15, -0.1) is 0 Å². The van der Waals surface area contributed by atoms with Crippen LogP contribution in [0.1, 0.15) is 44.4 Å². The Balaban J connectivity index is 1.39. The van der Waals surface area contributed by atoms with Crippen LogP contribution in [0.5, 0.6) is 0 Å². The Morgan fingerprint density at radius 3 is 2.69 bits per heavy atom. The number of benzene rings is 1. The number of rotatable bonds is 5. The summed E-state index contributed by atoms with van der Waals surface area (Å²) in [4.78, 5) is 36.9. The van der Waals surface area contributed by atoms with Crippen molar-refractivity contribution in [3.05, 3.63) is 72.2 Å². The van der Waals surface area contributed by atoms with E-state index in [9.17, 15) is 9.59 Å². The highest BCUT2D eigenvalue weighted by molar-refractivity contribution is 5.97. The van der Waals surface area contributed by atoms with Gasteiger partial charge in [-0.25, -0.2) is 9.78 Å². The van der Waals surface area contributed by atoms with Crippen molar-refractivity contribution in [1.82, 2.24) is 15.3 Å². The Bertz CT molecular complexity index is 1270. The van der Waals surface area contributed by atoms with Crippen LogP contribution in [0.2, 0.25) is 0 Å². The number of pyridine rings is 2. The maximum atomic E-state index is 13.4. The number of amides is 2. The molecule has 1 fully saturated rings. The third kappa shape index (κ3) is 5.17. The van der Waals surface area contributed by atoms with Crippen LogP contribution in [-0.4, -0.2) is 40.7 Å². The Labute approximate surface area is 211 Å². The highest BCUT2D eigenvalue weighted by Gasteiger charge is 2.43. The van der Waals surface area contributed by atoms with E-state index in [1.807, 2.05) is 51.1 Å². The van der Waals surface area contributed by atoms with Crippen molar-refractivity contribution in [3.8, 4) is 11.3 Å². The minimum Gasteiger partial charge on any atom is -0.444 e. The molecule has 0 saturated carbocycles. The minimum atomic E-state index is -0.547.